The standard InChI is InChI=1S/C16H22N2O3/c1-3-15-11-18(8-9-21-15)16(20)10-13-4-6-14(7-5-13)17-12(2)19/h4-7,15H,3,8-11H2,1-2H3,(H,17,19). The average Bonchev–Trinajstić information content (AvgIpc) is 2.49. The normalized spacial score (nSPS) is 18.4. The first-order valence-electron chi connectivity index (χ1n) is 7.34. The molecule has 1 N–H and O–H groups in total. The van der Waals surface area contributed by atoms with Gasteiger partial charge in [-0.2, -0.15) is 0 Å². The van der Waals surface area contributed by atoms with Gasteiger partial charge in [0, 0.05) is 25.7 Å². The lowest BCUT2D eigenvalue weighted by Gasteiger charge is -2.32. The van der Waals surface area contributed by atoms with Crippen LogP contribution in [-0.4, -0.2) is 42.5 Å². The van der Waals surface area contributed by atoms with Gasteiger partial charge in [0.15, 0.2) is 0 Å². The first kappa shape index (κ1) is 15.5. The SMILES string of the molecule is CCC1CN(C(=O)Cc2ccc(NC(C)=O)cc2)CCO1. The third-order valence-corrected chi connectivity index (χ3v) is 3.58. The van der Waals surface area contributed by atoms with Crippen LogP contribution in [0.4, 0.5) is 5.69 Å². The van der Waals surface area contributed by atoms with Gasteiger partial charge < -0.3 is 15.0 Å². The second-order valence-corrected chi connectivity index (χ2v) is 5.30. The van der Waals surface area contributed by atoms with Crippen molar-refractivity contribution in [1.82, 2.24) is 4.90 Å². The monoisotopic (exact) mass is 290 g/mol. The molecule has 0 aromatic heterocycles. The predicted molar refractivity (Wildman–Crippen MR) is 81.1 cm³/mol. The summed E-state index contributed by atoms with van der Waals surface area (Å²) in [7, 11) is 0. The fourth-order valence-corrected chi connectivity index (χ4v) is 2.39. The molecule has 2 rings (SSSR count). The fraction of sp³-hybridized carbons (Fsp3) is 0.500. The van der Waals surface area contributed by atoms with Gasteiger partial charge in [-0.15, -0.1) is 0 Å². The zero-order chi connectivity index (χ0) is 15.2. The highest BCUT2D eigenvalue weighted by Gasteiger charge is 2.22. The van der Waals surface area contributed by atoms with E-state index in [1.54, 1.807) is 0 Å². The summed E-state index contributed by atoms with van der Waals surface area (Å²) in [4.78, 5) is 25.1. The Balaban J connectivity index is 1.91. The van der Waals surface area contributed by atoms with Crippen molar-refractivity contribution < 1.29 is 14.3 Å². The molecule has 1 aliphatic rings. The van der Waals surface area contributed by atoms with Crippen LogP contribution in [0.15, 0.2) is 24.3 Å². The van der Waals surface area contributed by atoms with Crippen LogP contribution >= 0.6 is 0 Å². The highest BCUT2D eigenvalue weighted by atomic mass is 16.5. The van der Waals surface area contributed by atoms with Crippen molar-refractivity contribution in [3.8, 4) is 0 Å². The molecule has 1 unspecified atom stereocenters. The molecule has 5 nitrogen and oxygen atoms in total. The lowest BCUT2D eigenvalue weighted by molar-refractivity contribution is -0.138. The van der Waals surface area contributed by atoms with Gasteiger partial charge in [0.2, 0.25) is 11.8 Å². The highest BCUT2D eigenvalue weighted by Crippen LogP contribution is 2.13. The van der Waals surface area contributed by atoms with Crippen LogP contribution in [0.3, 0.4) is 0 Å². The number of hydrogen-bond acceptors (Lipinski definition) is 3. The van der Waals surface area contributed by atoms with Crippen LogP contribution in [-0.2, 0) is 20.7 Å². The van der Waals surface area contributed by atoms with Crippen molar-refractivity contribution in [3.63, 3.8) is 0 Å². The summed E-state index contributed by atoms with van der Waals surface area (Å²) in [6.07, 6.45) is 1.47. The van der Waals surface area contributed by atoms with Gasteiger partial charge >= 0.3 is 0 Å². The Morgan fingerprint density at radius 3 is 2.67 bits per heavy atom. The molecule has 5 heteroatoms. The summed E-state index contributed by atoms with van der Waals surface area (Å²) in [5.41, 5.74) is 1.70. The Bertz CT molecular complexity index is 499. The van der Waals surface area contributed by atoms with Crippen molar-refractivity contribution in [3.05, 3.63) is 29.8 Å². The van der Waals surface area contributed by atoms with E-state index >= 15 is 0 Å². The molecule has 1 fully saturated rings. The maximum atomic E-state index is 12.3. The lowest BCUT2D eigenvalue weighted by Crippen LogP contribution is -2.45. The zero-order valence-electron chi connectivity index (χ0n) is 12.6. The van der Waals surface area contributed by atoms with Gasteiger partial charge in [-0.05, 0) is 24.1 Å². The fourth-order valence-electron chi connectivity index (χ4n) is 2.39. The molecule has 1 aromatic carbocycles. The van der Waals surface area contributed by atoms with Gasteiger partial charge in [0.1, 0.15) is 0 Å². The molecule has 0 spiro atoms. The smallest absolute Gasteiger partial charge is 0.227 e. The third-order valence-electron chi connectivity index (χ3n) is 3.58. The molecule has 21 heavy (non-hydrogen) atoms. The summed E-state index contributed by atoms with van der Waals surface area (Å²) in [6.45, 7) is 5.50. The zero-order valence-corrected chi connectivity index (χ0v) is 12.6. The van der Waals surface area contributed by atoms with Crippen LogP contribution in [0.25, 0.3) is 0 Å². The van der Waals surface area contributed by atoms with Crippen molar-refractivity contribution >= 4 is 17.5 Å². The van der Waals surface area contributed by atoms with Crippen LogP contribution in [0.2, 0.25) is 0 Å². The number of morpholine rings is 1. The molecule has 1 saturated heterocycles. The summed E-state index contributed by atoms with van der Waals surface area (Å²) in [5, 5.41) is 2.71. The highest BCUT2D eigenvalue weighted by molar-refractivity contribution is 5.88. The van der Waals surface area contributed by atoms with E-state index in [2.05, 4.69) is 12.2 Å². The summed E-state index contributed by atoms with van der Waals surface area (Å²) < 4.78 is 5.58. The molecule has 1 heterocycles. The number of nitrogens with one attached hydrogen (secondary N) is 1. The van der Waals surface area contributed by atoms with Crippen LogP contribution in [0, 0.1) is 0 Å². The lowest BCUT2D eigenvalue weighted by atomic mass is 10.1. The number of anilines is 1. The van der Waals surface area contributed by atoms with Gasteiger partial charge in [-0.1, -0.05) is 19.1 Å². The quantitative estimate of drug-likeness (QED) is 0.920. The number of carbonyl (C=O) groups is 2. The minimum Gasteiger partial charge on any atom is -0.375 e. The van der Waals surface area contributed by atoms with Crippen molar-refractivity contribution in [2.75, 3.05) is 25.0 Å². The summed E-state index contributed by atoms with van der Waals surface area (Å²) in [5.74, 6) is 0.0294. The number of amides is 2. The molecular weight excluding hydrogens is 268 g/mol. The molecule has 0 aliphatic carbocycles. The van der Waals surface area contributed by atoms with E-state index in [1.807, 2.05) is 29.2 Å². The number of benzene rings is 1. The Hall–Kier alpha value is -1.88. The van der Waals surface area contributed by atoms with Crippen molar-refractivity contribution in [2.24, 2.45) is 0 Å². The molecule has 1 aromatic rings. The van der Waals surface area contributed by atoms with Gasteiger partial charge in [-0.3, -0.25) is 9.59 Å². The largest absolute Gasteiger partial charge is 0.375 e. The Morgan fingerprint density at radius 1 is 1.33 bits per heavy atom. The second-order valence-electron chi connectivity index (χ2n) is 5.30. The molecule has 0 saturated carbocycles. The predicted octanol–water partition coefficient (Wildman–Crippen LogP) is 1.82. The Labute approximate surface area is 125 Å². The topological polar surface area (TPSA) is 58.6 Å². The van der Waals surface area contributed by atoms with Crippen LogP contribution in [0.1, 0.15) is 25.8 Å². The number of carbonyl (C=O) groups excluding carboxylic acids is 2. The molecule has 1 atom stereocenters. The van der Waals surface area contributed by atoms with Crippen LogP contribution < -0.4 is 5.32 Å². The van der Waals surface area contributed by atoms with E-state index in [0.717, 1.165) is 17.7 Å². The Kier molecular flexibility index (Phi) is 5.33. The van der Waals surface area contributed by atoms with E-state index in [1.165, 1.54) is 6.92 Å². The average molecular weight is 290 g/mol. The number of rotatable bonds is 4. The molecular formula is C16H22N2O3. The van der Waals surface area contributed by atoms with Gasteiger partial charge in [-0.25, -0.2) is 0 Å². The van der Waals surface area contributed by atoms with E-state index in [4.69, 9.17) is 4.74 Å². The number of hydrogen-bond donors (Lipinski definition) is 1. The van der Waals surface area contributed by atoms with Gasteiger partial charge in [0.25, 0.3) is 0 Å². The van der Waals surface area contributed by atoms with E-state index < -0.39 is 0 Å². The maximum absolute atomic E-state index is 12.3. The summed E-state index contributed by atoms with van der Waals surface area (Å²) >= 11 is 0. The van der Waals surface area contributed by atoms with Crippen molar-refractivity contribution in [1.29, 1.82) is 0 Å². The first-order valence-corrected chi connectivity index (χ1v) is 7.34. The number of nitrogens with zero attached hydrogens (tertiary/aromatic N) is 1. The first-order chi connectivity index (χ1) is 10.1. The molecule has 0 radical (unpaired) electrons. The summed E-state index contributed by atoms with van der Waals surface area (Å²) in [6, 6.07) is 7.39. The van der Waals surface area contributed by atoms with E-state index in [-0.39, 0.29) is 17.9 Å². The number of ether oxygens (including phenoxy) is 1. The Morgan fingerprint density at radius 2 is 2.05 bits per heavy atom. The molecule has 0 bridgehead atoms. The van der Waals surface area contributed by atoms with Gasteiger partial charge in [0.05, 0.1) is 19.1 Å². The third kappa shape index (κ3) is 4.56. The molecule has 114 valence electrons. The second kappa shape index (κ2) is 7.22. The molecule has 2 amide bonds. The minimum atomic E-state index is -0.0993. The van der Waals surface area contributed by atoms with Crippen LogP contribution in [0.5, 0.6) is 0 Å². The van der Waals surface area contributed by atoms with Crippen molar-refractivity contribution in [2.45, 2.75) is 32.8 Å². The van der Waals surface area contributed by atoms with E-state index in [0.29, 0.717) is 26.1 Å². The van der Waals surface area contributed by atoms with E-state index in [9.17, 15) is 9.59 Å². The molecule has 1 aliphatic heterocycles. The maximum Gasteiger partial charge on any atom is 0.227 e. The minimum absolute atomic E-state index is 0.0993.